The van der Waals surface area contributed by atoms with Crippen molar-refractivity contribution in [3.63, 3.8) is 0 Å². The van der Waals surface area contributed by atoms with Crippen molar-refractivity contribution in [2.75, 3.05) is 6.61 Å². The third-order valence-corrected chi connectivity index (χ3v) is 5.28. The lowest BCUT2D eigenvalue weighted by Crippen LogP contribution is -2.60. The fraction of sp³-hybridized carbons (Fsp3) is 0.667. The minimum Gasteiger partial charge on any atom is -0.458 e. The second kappa shape index (κ2) is 12.9. The summed E-state index contributed by atoms with van der Waals surface area (Å²) in [7, 11) is 0. The maximum Gasteiger partial charge on any atom is 0.411 e. The van der Waals surface area contributed by atoms with Crippen LogP contribution >= 0.6 is 0 Å². The minimum atomic E-state index is -0.893. The summed E-state index contributed by atoms with van der Waals surface area (Å²) in [6.45, 7) is 21.7. The molecule has 8 nitrogen and oxygen atoms in total. The number of nitrogens with zero attached hydrogens (tertiary/aromatic N) is 1. The number of hydrogen-bond donors (Lipinski definition) is 1. The van der Waals surface area contributed by atoms with Crippen molar-refractivity contribution in [3.05, 3.63) is 37.5 Å². The van der Waals surface area contributed by atoms with Crippen LogP contribution in [0.15, 0.2) is 37.5 Å². The smallest absolute Gasteiger partial charge is 0.411 e. The van der Waals surface area contributed by atoms with Crippen molar-refractivity contribution in [1.82, 2.24) is 10.2 Å². The predicted octanol–water partition coefficient (Wildman–Crippen LogP) is 4.55. The van der Waals surface area contributed by atoms with Gasteiger partial charge in [-0.3, -0.25) is 9.69 Å². The summed E-state index contributed by atoms with van der Waals surface area (Å²) in [4.78, 5) is 40.6. The molecule has 8 heteroatoms. The van der Waals surface area contributed by atoms with Crippen molar-refractivity contribution < 1.29 is 28.6 Å². The van der Waals surface area contributed by atoms with E-state index < -0.39 is 47.5 Å². The Bertz CT molecular complexity index is 792. The molecule has 1 aliphatic heterocycles. The van der Waals surface area contributed by atoms with E-state index in [1.54, 1.807) is 53.7 Å². The Balaban J connectivity index is 3.67. The quantitative estimate of drug-likeness (QED) is 0.355. The van der Waals surface area contributed by atoms with Gasteiger partial charge in [-0.2, -0.15) is 0 Å². The van der Waals surface area contributed by atoms with Crippen LogP contribution in [0.2, 0.25) is 0 Å². The molecule has 1 heterocycles. The van der Waals surface area contributed by atoms with Gasteiger partial charge in [0.25, 0.3) is 0 Å². The molecule has 2 amide bonds. The van der Waals surface area contributed by atoms with Crippen LogP contribution in [0.4, 0.5) is 4.79 Å². The molecule has 1 aliphatic rings. The van der Waals surface area contributed by atoms with Crippen LogP contribution in [-0.2, 0) is 23.8 Å². The van der Waals surface area contributed by atoms with Crippen molar-refractivity contribution in [1.29, 1.82) is 0 Å². The molecule has 0 bridgehead atoms. The molecule has 0 radical (unpaired) electrons. The SMILES string of the molecule is C=CCO[C@@H](CC=C)[C@H](NC(C)=O)[C@H]1[C@H](C=CC)C[C@@H](C(=O)OC(C)(C)C)N1C(=O)OC(C)(C)C. The Morgan fingerprint density at radius 1 is 1.06 bits per heavy atom. The molecule has 1 fully saturated rings. The summed E-state index contributed by atoms with van der Waals surface area (Å²) in [5, 5.41) is 2.98. The van der Waals surface area contributed by atoms with Gasteiger partial charge in [-0.05, 0) is 61.3 Å². The summed E-state index contributed by atoms with van der Waals surface area (Å²) in [5.74, 6) is -1.06. The summed E-state index contributed by atoms with van der Waals surface area (Å²) in [5.41, 5.74) is -1.53. The topological polar surface area (TPSA) is 94.2 Å². The van der Waals surface area contributed by atoms with Crippen LogP contribution in [0, 0.1) is 5.92 Å². The molecule has 0 aromatic rings. The number of likely N-dealkylation sites (tertiary alicyclic amines) is 1. The van der Waals surface area contributed by atoms with Gasteiger partial charge < -0.3 is 19.5 Å². The molecular weight excluding hydrogens is 448 g/mol. The van der Waals surface area contributed by atoms with Crippen LogP contribution in [0.1, 0.15) is 68.2 Å². The Kier molecular flexibility index (Phi) is 11.2. The average Bonchev–Trinajstić information content (AvgIpc) is 3.06. The lowest BCUT2D eigenvalue weighted by Gasteiger charge is -2.40. The first-order valence-electron chi connectivity index (χ1n) is 12.1. The van der Waals surface area contributed by atoms with E-state index in [1.807, 2.05) is 19.1 Å². The minimum absolute atomic E-state index is 0.248. The van der Waals surface area contributed by atoms with E-state index in [4.69, 9.17) is 14.2 Å². The number of carbonyl (C=O) groups is 3. The fourth-order valence-corrected chi connectivity index (χ4v) is 4.25. The largest absolute Gasteiger partial charge is 0.458 e. The number of allylic oxidation sites excluding steroid dienone is 1. The van der Waals surface area contributed by atoms with E-state index in [0.29, 0.717) is 12.8 Å². The van der Waals surface area contributed by atoms with Gasteiger partial charge in [0.1, 0.15) is 17.2 Å². The fourth-order valence-electron chi connectivity index (χ4n) is 4.25. The summed E-state index contributed by atoms with van der Waals surface area (Å²) < 4.78 is 17.4. The van der Waals surface area contributed by atoms with Crippen LogP contribution in [0.3, 0.4) is 0 Å². The van der Waals surface area contributed by atoms with Gasteiger partial charge in [0.15, 0.2) is 0 Å². The lowest BCUT2D eigenvalue weighted by molar-refractivity contribution is -0.160. The normalized spacial score (nSPS) is 22.4. The summed E-state index contributed by atoms with van der Waals surface area (Å²) >= 11 is 0. The number of ether oxygens (including phenoxy) is 3. The highest BCUT2D eigenvalue weighted by molar-refractivity contribution is 5.83. The number of carbonyl (C=O) groups excluding carboxylic acids is 3. The molecule has 0 aliphatic carbocycles. The number of nitrogens with one attached hydrogen (secondary N) is 1. The van der Waals surface area contributed by atoms with Crippen LogP contribution in [0.25, 0.3) is 0 Å². The van der Waals surface area contributed by atoms with E-state index in [-0.39, 0.29) is 18.4 Å². The molecule has 198 valence electrons. The maximum absolute atomic E-state index is 13.6. The molecular formula is C27H44N2O6. The second-order valence-electron chi connectivity index (χ2n) is 10.8. The van der Waals surface area contributed by atoms with Crippen molar-refractivity contribution in [2.45, 2.75) is 104 Å². The first kappa shape index (κ1) is 30.4. The molecule has 0 saturated carbocycles. The lowest BCUT2D eigenvalue weighted by atomic mass is 9.88. The first-order valence-corrected chi connectivity index (χ1v) is 12.1. The van der Waals surface area contributed by atoms with Crippen LogP contribution in [0.5, 0.6) is 0 Å². The van der Waals surface area contributed by atoms with Crippen molar-refractivity contribution in [3.8, 4) is 0 Å². The highest BCUT2D eigenvalue weighted by Crippen LogP contribution is 2.37. The van der Waals surface area contributed by atoms with Gasteiger partial charge in [0.05, 0.1) is 24.8 Å². The molecule has 1 saturated heterocycles. The zero-order valence-electron chi connectivity index (χ0n) is 22.6. The van der Waals surface area contributed by atoms with Gasteiger partial charge in [0, 0.05) is 12.8 Å². The Morgan fingerprint density at radius 2 is 1.66 bits per heavy atom. The maximum atomic E-state index is 13.6. The Hall–Kier alpha value is -2.61. The molecule has 5 atom stereocenters. The van der Waals surface area contributed by atoms with Crippen LogP contribution in [-0.4, -0.2) is 64.9 Å². The van der Waals surface area contributed by atoms with E-state index >= 15 is 0 Å². The van der Waals surface area contributed by atoms with Gasteiger partial charge in [0.2, 0.25) is 5.91 Å². The average molecular weight is 493 g/mol. The second-order valence-corrected chi connectivity index (χ2v) is 10.8. The van der Waals surface area contributed by atoms with Crippen molar-refractivity contribution >= 4 is 18.0 Å². The molecule has 0 aromatic carbocycles. The summed E-state index contributed by atoms with van der Waals surface area (Å²) in [6, 6.07) is -2.17. The number of rotatable bonds is 10. The van der Waals surface area contributed by atoms with E-state index in [2.05, 4.69) is 18.5 Å². The third kappa shape index (κ3) is 9.51. The first-order chi connectivity index (χ1) is 16.1. The van der Waals surface area contributed by atoms with E-state index in [9.17, 15) is 14.4 Å². The Morgan fingerprint density at radius 3 is 2.11 bits per heavy atom. The number of esters is 1. The molecule has 1 rings (SSSR count). The van der Waals surface area contributed by atoms with Gasteiger partial charge >= 0.3 is 12.1 Å². The Labute approximate surface area is 210 Å². The molecule has 0 unspecified atom stereocenters. The summed E-state index contributed by atoms with van der Waals surface area (Å²) in [6.07, 6.45) is 6.70. The van der Waals surface area contributed by atoms with Gasteiger partial charge in [-0.25, -0.2) is 9.59 Å². The molecule has 1 N–H and O–H groups in total. The third-order valence-electron chi connectivity index (χ3n) is 5.28. The highest BCUT2D eigenvalue weighted by Gasteiger charge is 2.53. The zero-order chi connectivity index (χ0) is 27.0. The van der Waals surface area contributed by atoms with Gasteiger partial charge in [-0.15, -0.1) is 13.2 Å². The number of hydrogen-bond acceptors (Lipinski definition) is 6. The highest BCUT2D eigenvalue weighted by atomic mass is 16.6. The van der Waals surface area contributed by atoms with Crippen LogP contribution < -0.4 is 5.32 Å². The van der Waals surface area contributed by atoms with E-state index in [1.165, 1.54) is 11.8 Å². The molecule has 0 spiro atoms. The molecule has 35 heavy (non-hydrogen) atoms. The standard InChI is InChI=1S/C27H44N2O6/c1-11-14-19-17-20(24(31)34-26(5,6)7)29(25(32)35-27(8,9)10)23(19)22(28-18(4)30)21(15-12-2)33-16-13-3/h11-14,19-23H,2-3,15-17H2,1,4-10H3,(H,28,30)/t19-,20+,21+,22+,23-/m1/s1. The van der Waals surface area contributed by atoms with E-state index in [0.717, 1.165) is 0 Å². The molecule has 0 aromatic heterocycles. The van der Waals surface area contributed by atoms with Crippen molar-refractivity contribution in [2.24, 2.45) is 5.92 Å². The van der Waals surface area contributed by atoms with Gasteiger partial charge in [-0.1, -0.05) is 24.3 Å². The predicted molar refractivity (Wildman–Crippen MR) is 137 cm³/mol. The zero-order valence-corrected chi connectivity index (χ0v) is 22.6. The monoisotopic (exact) mass is 492 g/mol. The number of amides is 2.